The highest BCUT2D eigenvalue weighted by atomic mass is 79.9. The van der Waals surface area contributed by atoms with Crippen molar-refractivity contribution in [3.05, 3.63) is 28.0 Å². The summed E-state index contributed by atoms with van der Waals surface area (Å²) >= 11 is 6.40. The van der Waals surface area contributed by atoms with Crippen LogP contribution in [0.5, 0.6) is 0 Å². The molecule has 0 aliphatic rings. The van der Waals surface area contributed by atoms with Gasteiger partial charge in [-0.1, -0.05) is 0 Å². The van der Waals surface area contributed by atoms with Crippen molar-refractivity contribution in [1.29, 1.82) is 0 Å². The zero-order chi connectivity index (χ0) is 10.2. The number of thiol groups is 1. The molecule has 0 aromatic heterocycles. The lowest BCUT2D eigenvalue weighted by Crippen LogP contribution is -2.09. The van der Waals surface area contributed by atoms with Gasteiger partial charge in [0, 0.05) is 9.37 Å². The van der Waals surface area contributed by atoms with Crippen molar-refractivity contribution in [3.63, 3.8) is 0 Å². The van der Waals surface area contributed by atoms with E-state index in [0.717, 1.165) is 6.07 Å². The highest BCUT2D eigenvalue weighted by Crippen LogP contribution is 2.38. The van der Waals surface area contributed by atoms with Gasteiger partial charge >= 0.3 is 6.18 Å². The molecule has 0 aliphatic carbocycles. The molecule has 0 aliphatic heterocycles. The van der Waals surface area contributed by atoms with E-state index >= 15 is 0 Å². The molecule has 0 heterocycles. The first-order chi connectivity index (χ1) is 5.84. The molecule has 0 radical (unpaired) electrons. The summed E-state index contributed by atoms with van der Waals surface area (Å²) in [6, 6.07) is 1.92. The van der Waals surface area contributed by atoms with Crippen LogP contribution in [-0.2, 0) is 6.18 Å². The fourth-order valence-electron chi connectivity index (χ4n) is 0.811. The third-order valence-electron chi connectivity index (χ3n) is 1.36. The molecule has 0 atom stereocenters. The predicted molar refractivity (Wildman–Crippen MR) is 46.4 cm³/mol. The van der Waals surface area contributed by atoms with Gasteiger partial charge in [-0.15, -0.1) is 12.6 Å². The van der Waals surface area contributed by atoms with E-state index in [-0.39, 0.29) is 4.47 Å². The second kappa shape index (κ2) is 3.49. The Morgan fingerprint density at radius 2 is 1.77 bits per heavy atom. The van der Waals surface area contributed by atoms with Gasteiger partial charge in [-0.3, -0.25) is 0 Å². The summed E-state index contributed by atoms with van der Waals surface area (Å²) in [5.74, 6) is -1.32. The normalized spacial score (nSPS) is 11.8. The van der Waals surface area contributed by atoms with Crippen molar-refractivity contribution >= 4 is 28.6 Å². The van der Waals surface area contributed by atoms with E-state index in [1.54, 1.807) is 0 Å². The Bertz CT molecular complexity index is 334. The summed E-state index contributed by atoms with van der Waals surface area (Å²) < 4.78 is 49.4. The number of hydrogen-bond donors (Lipinski definition) is 1. The van der Waals surface area contributed by atoms with Crippen LogP contribution in [0.2, 0.25) is 0 Å². The van der Waals surface area contributed by atoms with Gasteiger partial charge in [0.05, 0.1) is 0 Å². The lowest BCUT2D eigenvalue weighted by molar-refractivity contribution is -0.142. The molecule has 0 saturated carbocycles. The highest BCUT2D eigenvalue weighted by molar-refractivity contribution is 9.10. The number of halogens is 5. The highest BCUT2D eigenvalue weighted by Gasteiger charge is 2.36. The van der Waals surface area contributed by atoms with Crippen molar-refractivity contribution in [3.8, 4) is 0 Å². The summed E-state index contributed by atoms with van der Waals surface area (Å²) in [5, 5.41) is 0. The van der Waals surface area contributed by atoms with Crippen molar-refractivity contribution in [2.75, 3.05) is 0 Å². The minimum Gasteiger partial charge on any atom is -0.206 e. The maximum absolute atomic E-state index is 12.7. The third kappa shape index (κ3) is 2.17. The first-order valence-electron chi connectivity index (χ1n) is 3.08. The minimum absolute atomic E-state index is 0.115. The molecular formula is C7H3BrF4S. The Balaban J connectivity index is 3.43. The predicted octanol–water partition coefficient (Wildman–Crippen LogP) is 3.90. The third-order valence-corrected chi connectivity index (χ3v) is 2.79. The molecular weight excluding hydrogens is 272 g/mol. The van der Waals surface area contributed by atoms with Gasteiger partial charge in [0.1, 0.15) is 11.4 Å². The van der Waals surface area contributed by atoms with Crippen LogP contribution in [0.3, 0.4) is 0 Å². The van der Waals surface area contributed by atoms with Gasteiger partial charge in [0.25, 0.3) is 0 Å². The smallest absolute Gasteiger partial charge is 0.206 e. The Morgan fingerprint density at radius 3 is 2.15 bits per heavy atom. The van der Waals surface area contributed by atoms with Gasteiger partial charge in [-0.25, -0.2) is 4.39 Å². The van der Waals surface area contributed by atoms with E-state index in [4.69, 9.17) is 0 Å². The van der Waals surface area contributed by atoms with Crippen LogP contribution in [-0.4, -0.2) is 0 Å². The van der Waals surface area contributed by atoms with Crippen LogP contribution in [0, 0.1) is 5.82 Å². The molecule has 0 saturated heterocycles. The van der Waals surface area contributed by atoms with E-state index in [9.17, 15) is 17.6 Å². The number of benzene rings is 1. The van der Waals surface area contributed by atoms with Crippen LogP contribution in [0.25, 0.3) is 0 Å². The summed E-state index contributed by atoms with van der Waals surface area (Å²) in [6.07, 6.45) is -4.72. The van der Waals surface area contributed by atoms with Crippen LogP contribution in [0.1, 0.15) is 5.56 Å². The fraction of sp³-hybridized carbons (Fsp3) is 0.143. The van der Waals surface area contributed by atoms with Crippen LogP contribution in [0.15, 0.2) is 21.5 Å². The van der Waals surface area contributed by atoms with E-state index in [0.29, 0.717) is 0 Å². The van der Waals surface area contributed by atoms with Crippen molar-refractivity contribution in [1.82, 2.24) is 0 Å². The topological polar surface area (TPSA) is 0 Å². The van der Waals surface area contributed by atoms with Crippen LogP contribution >= 0.6 is 28.6 Å². The molecule has 1 aromatic carbocycles. The zero-order valence-corrected chi connectivity index (χ0v) is 8.47. The summed E-state index contributed by atoms with van der Waals surface area (Å²) in [7, 11) is 0. The molecule has 0 bridgehead atoms. The molecule has 0 N–H and O–H groups in total. The summed E-state index contributed by atoms with van der Waals surface area (Å²) in [6.45, 7) is 0. The van der Waals surface area contributed by atoms with Gasteiger partial charge < -0.3 is 0 Å². The van der Waals surface area contributed by atoms with E-state index in [2.05, 4.69) is 28.6 Å². The molecule has 0 fully saturated rings. The fourth-order valence-corrected chi connectivity index (χ4v) is 1.45. The first kappa shape index (κ1) is 10.8. The molecule has 0 amide bonds. The molecule has 0 unspecified atom stereocenters. The molecule has 0 nitrogen and oxygen atoms in total. The second-order valence-corrected chi connectivity index (χ2v) is 3.55. The number of alkyl halides is 3. The van der Waals surface area contributed by atoms with E-state index < -0.39 is 22.5 Å². The second-order valence-electron chi connectivity index (χ2n) is 2.25. The largest absolute Gasteiger partial charge is 0.420 e. The van der Waals surface area contributed by atoms with E-state index in [1.165, 1.54) is 6.07 Å². The van der Waals surface area contributed by atoms with Crippen molar-refractivity contribution in [2.24, 2.45) is 0 Å². The van der Waals surface area contributed by atoms with Crippen molar-refractivity contribution < 1.29 is 17.6 Å². The monoisotopic (exact) mass is 274 g/mol. The Morgan fingerprint density at radius 1 is 1.23 bits per heavy atom. The van der Waals surface area contributed by atoms with E-state index in [1.807, 2.05) is 0 Å². The van der Waals surface area contributed by atoms with Gasteiger partial charge in [0.15, 0.2) is 0 Å². The average Bonchev–Trinajstić information content (AvgIpc) is 1.95. The Kier molecular flexibility index (Phi) is 2.91. The maximum Gasteiger partial charge on any atom is 0.420 e. The van der Waals surface area contributed by atoms with Crippen LogP contribution in [0.4, 0.5) is 17.6 Å². The average molecular weight is 275 g/mol. The number of hydrogen-bond acceptors (Lipinski definition) is 1. The summed E-state index contributed by atoms with van der Waals surface area (Å²) in [5.41, 5.74) is -1.34. The Hall–Kier alpha value is -0.230. The minimum atomic E-state index is -4.72. The molecule has 72 valence electrons. The van der Waals surface area contributed by atoms with Gasteiger partial charge in [-0.05, 0) is 28.1 Å². The number of rotatable bonds is 0. The Labute approximate surface area is 85.5 Å². The quantitative estimate of drug-likeness (QED) is 0.539. The van der Waals surface area contributed by atoms with Crippen molar-refractivity contribution in [2.45, 2.75) is 11.1 Å². The zero-order valence-electron chi connectivity index (χ0n) is 5.99. The molecule has 6 heteroatoms. The first-order valence-corrected chi connectivity index (χ1v) is 4.32. The maximum atomic E-state index is 12.7. The lowest BCUT2D eigenvalue weighted by atomic mass is 10.2. The SMILES string of the molecule is Fc1ccc(Br)c(S)c1C(F)(F)F. The molecule has 1 rings (SSSR count). The van der Waals surface area contributed by atoms with Gasteiger partial charge in [0.2, 0.25) is 0 Å². The summed E-state index contributed by atoms with van der Waals surface area (Å²) in [4.78, 5) is -0.437. The van der Waals surface area contributed by atoms with Gasteiger partial charge in [-0.2, -0.15) is 13.2 Å². The lowest BCUT2D eigenvalue weighted by Gasteiger charge is -2.11. The molecule has 13 heavy (non-hydrogen) atoms. The molecule has 0 spiro atoms. The van der Waals surface area contributed by atoms with Crippen LogP contribution < -0.4 is 0 Å². The molecule has 1 aromatic rings. The standard InChI is InChI=1S/C7H3BrF4S/c8-3-1-2-4(9)5(6(3)13)7(10,11)12/h1-2,13H.